The van der Waals surface area contributed by atoms with E-state index in [0.29, 0.717) is 23.7 Å². The topological polar surface area (TPSA) is 59.1 Å². The van der Waals surface area contributed by atoms with Gasteiger partial charge in [0, 0.05) is 35.3 Å². The number of nitrogens with zero attached hydrogens (tertiary/aromatic N) is 2. The molecule has 3 rings (SSSR count). The lowest BCUT2D eigenvalue weighted by Crippen LogP contribution is -2.50. The molecule has 11 heteroatoms. The van der Waals surface area contributed by atoms with Crippen LogP contribution >= 0.6 is 33.2 Å². The highest BCUT2D eigenvalue weighted by Crippen LogP contribution is 2.44. The molecule has 2 aromatic rings. The summed E-state index contributed by atoms with van der Waals surface area (Å²) in [6, 6.07) is 8.05. The van der Waals surface area contributed by atoms with Crippen LogP contribution in [0.3, 0.4) is 0 Å². The summed E-state index contributed by atoms with van der Waals surface area (Å²) in [7, 11) is -0.820. The van der Waals surface area contributed by atoms with E-state index < -0.39 is 33.6 Å². The maximum absolute atomic E-state index is 15.7. The molecule has 1 saturated heterocycles. The number of rotatable bonds is 13. The van der Waals surface area contributed by atoms with E-state index in [9.17, 15) is 14.0 Å². The van der Waals surface area contributed by atoms with E-state index in [0.717, 1.165) is 11.8 Å². The van der Waals surface area contributed by atoms with Crippen LogP contribution in [0.15, 0.2) is 36.4 Å². The highest BCUT2D eigenvalue weighted by Gasteiger charge is 2.45. The van der Waals surface area contributed by atoms with Crippen molar-refractivity contribution >= 4 is 50.7 Å². The van der Waals surface area contributed by atoms with Crippen molar-refractivity contribution in [2.45, 2.75) is 45.3 Å². The van der Waals surface area contributed by atoms with E-state index in [1.807, 2.05) is 0 Å². The van der Waals surface area contributed by atoms with Gasteiger partial charge in [-0.15, -0.1) is 11.6 Å². The molecule has 1 unspecified atom stereocenters. The van der Waals surface area contributed by atoms with Crippen LogP contribution in [0.5, 0.6) is 5.75 Å². The minimum Gasteiger partial charge on any atom is -0.491 e. The second kappa shape index (κ2) is 14.9. The normalized spacial score (nSPS) is 18.1. The van der Waals surface area contributed by atoms with Crippen LogP contribution in [0.2, 0.25) is 5.02 Å². The Labute approximate surface area is 253 Å². The smallest absolute Gasteiger partial charge is 0.234 e. The van der Waals surface area contributed by atoms with Crippen LogP contribution in [0.25, 0.3) is 0 Å². The number of amides is 2. The van der Waals surface area contributed by atoms with Gasteiger partial charge in [0.2, 0.25) is 11.8 Å². The second-order valence-electron chi connectivity index (χ2n) is 11.2. The Balaban J connectivity index is 2.11. The number of carbonyl (C=O) groups excluding carboxylic acids is 2. The summed E-state index contributed by atoms with van der Waals surface area (Å²) >= 11 is 12.3. The van der Waals surface area contributed by atoms with E-state index >= 15 is 4.39 Å². The van der Waals surface area contributed by atoms with Crippen molar-refractivity contribution in [2.24, 2.45) is 5.92 Å². The summed E-state index contributed by atoms with van der Waals surface area (Å²) < 4.78 is 42.3. The number of hydrogen-bond acceptors (Lipinski definition) is 4. The van der Waals surface area contributed by atoms with Gasteiger partial charge in [-0.25, -0.2) is 18.8 Å². The van der Waals surface area contributed by atoms with Crippen molar-refractivity contribution in [1.29, 1.82) is 0 Å². The third-order valence-corrected chi connectivity index (χ3v) is 8.65. The first-order valence-corrected chi connectivity index (χ1v) is 17.6. The number of alkyl halides is 1. The number of piperidine rings is 1. The van der Waals surface area contributed by atoms with Gasteiger partial charge in [-0.05, 0) is 75.8 Å². The molecule has 1 heterocycles. The van der Waals surface area contributed by atoms with Gasteiger partial charge in [-0.2, -0.15) is 0 Å². The fourth-order valence-electron chi connectivity index (χ4n) is 4.82. The average molecular weight is 634 g/mol. The first kappa shape index (κ1) is 33.4. The number of halogens is 4. The Hall–Kier alpha value is -2.07. The lowest BCUT2D eigenvalue weighted by Gasteiger charge is -2.43. The molecule has 0 aliphatic carbocycles. The molecule has 1 aliphatic heterocycles. The van der Waals surface area contributed by atoms with Crippen LogP contribution in [0.1, 0.15) is 44.7 Å². The maximum Gasteiger partial charge on any atom is 0.234 e. The average Bonchev–Trinajstić information content (AvgIpc) is 2.89. The largest absolute Gasteiger partial charge is 0.491 e. The van der Waals surface area contributed by atoms with E-state index in [1.54, 1.807) is 38.1 Å². The number of likely N-dealkylation sites (tertiary alicyclic amines) is 1. The van der Waals surface area contributed by atoms with Crippen LogP contribution in [-0.4, -0.2) is 73.1 Å². The molecule has 2 atom stereocenters. The molecule has 0 radical (unpaired) electrons. The van der Waals surface area contributed by atoms with E-state index in [4.69, 9.17) is 32.7 Å². The molecule has 228 valence electrons. The summed E-state index contributed by atoms with van der Waals surface area (Å²) in [6.07, 6.45) is 6.81. The zero-order chi connectivity index (χ0) is 30.3. The third kappa shape index (κ3) is 8.96. The lowest BCUT2D eigenvalue weighted by molar-refractivity contribution is -0.143. The van der Waals surface area contributed by atoms with Gasteiger partial charge in [-0.1, -0.05) is 17.7 Å². The summed E-state index contributed by atoms with van der Waals surface area (Å²) in [5, 5.41) is 0.433. The summed E-state index contributed by atoms with van der Waals surface area (Å²) in [5.74, 6) is -2.59. The minimum atomic E-state index is -1.14. The Morgan fingerprint density at radius 2 is 1.93 bits per heavy atom. The zero-order valence-corrected chi connectivity index (χ0v) is 26.6. The van der Waals surface area contributed by atoms with Crippen molar-refractivity contribution in [3.05, 3.63) is 58.6 Å². The molecule has 2 aromatic carbocycles. The van der Waals surface area contributed by atoms with Crippen molar-refractivity contribution in [1.82, 2.24) is 4.90 Å². The molecule has 0 aromatic heterocycles. The Morgan fingerprint density at radius 3 is 2.56 bits per heavy atom. The molecule has 0 saturated carbocycles. The molecule has 0 N–H and O–H groups in total. The molecule has 1 fully saturated rings. The number of hydrogen-bond donors (Lipinski definition) is 0. The molecule has 6 nitrogen and oxygen atoms in total. The quantitative estimate of drug-likeness (QED) is 0.135. The zero-order valence-electron chi connectivity index (χ0n) is 24.3. The highest BCUT2D eigenvalue weighted by molar-refractivity contribution is 8.32. The van der Waals surface area contributed by atoms with Crippen molar-refractivity contribution in [2.75, 3.05) is 55.2 Å². The van der Waals surface area contributed by atoms with Gasteiger partial charge in [0.25, 0.3) is 0 Å². The van der Waals surface area contributed by atoms with Crippen molar-refractivity contribution in [3.8, 4) is 5.75 Å². The lowest BCUT2D eigenvalue weighted by atomic mass is 9.82. The van der Waals surface area contributed by atoms with Crippen LogP contribution < -0.4 is 9.64 Å². The highest BCUT2D eigenvalue weighted by atomic mass is 35.5. The van der Waals surface area contributed by atoms with Crippen LogP contribution in [0.4, 0.5) is 14.5 Å². The number of ether oxygens (including phenoxy) is 2. The third-order valence-electron chi connectivity index (χ3n) is 6.75. The number of carbonyl (C=O) groups is 2. The monoisotopic (exact) mass is 632 g/mol. The SMILES string of the molecule is CC(C)Oc1ccc(F)c(F)c1[C@@H]1C(C(=O)N(COCCS(C)(C)C)c2cccc(Cl)c2)CCC(=O)N1CCCCl. The van der Waals surface area contributed by atoms with E-state index in [1.165, 1.54) is 15.9 Å². The van der Waals surface area contributed by atoms with Crippen molar-refractivity contribution in [3.63, 3.8) is 0 Å². The fraction of sp³-hybridized carbons (Fsp3) is 0.533. The predicted molar refractivity (Wildman–Crippen MR) is 165 cm³/mol. The fourth-order valence-corrected chi connectivity index (χ4v) is 5.74. The van der Waals surface area contributed by atoms with Crippen molar-refractivity contribution < 1.29 is 27.8 Å². The van der Waals surface area contributed by atoms with Gasteiger partial charge in [0.1, 0.15) is 12.5 Å². The first-order valence-electron chi connectivity index (χ1n) is 13.6. The van der Waals surface area contributed by atoms with Gasteiger partial charge >= 0.3 is 0 Å². The molecular weight excluding hydrogens is 593 g/mol. The maximum atomic E-state index is 15.7. The second-order valence-corrected chi connectivity index (χ2v) is 16.6. The summed E-state index contributed by atoms with van der Waals surface area (Å²) in [5.41, 5.74) is 0.356. The number of anilines is 1. The van der Waals surface area contributed by atoms with Gasteiger partial charge in [0.15, 0.2) is 11.6 Å². The standard InChI is InChI=1S/C30H40Cl2F2N2O4S/c1-20(2)40-25-12-11-24(33)28(34)27(25)29-23(10-13-26(37)35(29)15-7-14-31)30(38)36(19-39-16-17-41(3,4)5)22-9-6-8-21(32)18-22/h6,8-9,11-12,18,20,23,29H,7,10,13-17,19H2,1-5H3/t23?,29-/m0/s1. The Kier molecular flexibility index (Phi) is 12.1. The first-order chi connectivity index (χ1) is 19.3. The molecule has 41 heavy (non-hydrogen) atoms. The van der Waals surface area contributed by atoms with Gasteiger partial charge in [-0.3, -0.25) is 14.5 Å². The molecule has 0 bridgehead atoms. The Bertz CT molecular complexity index is 1210. The summed E-state index contributed by atoms with van der Waals surface area (Å²) in [4.78, 5) is 30.6. The van der Waals surface area contributed by atoms with E-state index in [2.05, 4.69) is 18.8 Å². The number of benzene rings is 2. The van der Waals surface area contributed by atoms with Gasteiger partial charge in [0.05, 0.1) is 30.2 Å². The Morgan fingerprint density at radius 1 is 1.20 bits per heavy atom. The minimum absolute atomic E-state index is 0.0610. The molecule has 2 amide bonds. The molecular formula is C30H40Cl2F2N2O4S. The summed E-state index contributed by atoms with van der Waals surface area (Å²) in [6.45, 7) is 4.10. The molecule has 1 aliphatic rings. The molecule has 0 spiro atoms. The predicted octanol–water partition coefficient (Wildman–Crippen LogP) is 7.02. The van der Waals surface area contributed by atoms with E-state index in [-0.39, 0.29) is 61.2 Å². The van der Waals surface area contributed by atoms with Crippen LogP contribution in [-0.2, 0) is 14.3 Å². The van der Waals surface area contributed by atoms with Crippen LogP contribution in [0, 0.1) is 17.6 Å². The van der Waals surface area contributed by atoms with Gasteiger partial charge < -0.3 is 14.4 Å².